The van der Waals surface area contributed by atoms with Crippen LogP contribution in [-0.4, -0.2) is 0 Å². The van der Waals surface area contributed by atoms with Crippen molar-refractivity contribution in [2.45, 2.75) is 55.4 Å². The third-order valence-electron chi connectivity index (χ3n) is 12.3. The zero-order valence-corrected chi connectivity index (χ0v) is 30.8. The first-order valence-corrected chi connectivity index (χ1v) is 18.1. The lowest BCUT2D eigenvalue weighted by atomic mass is 9.76. The summed E-state index contributed by atoms with van der Waals surface area (Å²) in [6.45, 7) is 18.6. The average Bonchev–Trinajstić information content (AvgIpc) is 3.55. The summed E-state index contributed by atoms with van der Waals surface area (Å²) in [5.41, 5.74) is 20.4. The van der Waals surface area contributed by atoms with Crippen LogP contribution < -0.4 is 0 Å². The molecule has 8 aromatic carbocycles. The Hall–Kier alpha value is -5.66. The van der Waals surface area contributed by atoms with Crippen molar-refractivity contribution >= 4 is 54.3 Å². The van der Waals surface area contributed by atoms with E-state index in [4.69, 9.17) is 4.42 Å². The quantitative estimate of drug-likeness (QED) is 0.172. The van der Waals surface area contributed by atoms with E-state index in [0.717, 1.165) is 16.6 Å². The molecule has 0 fully saturated rings. The zero-order valence-electron chi connectivity index (χ0n) is 30.8. The summed E-state index contributed by atoms with van der Waals surface area (Å²) in [4.78, 5) is 0. The third-order valence-corrected chi connectivity index (χ3v) is 12.3. The van der Waals surface area contributed by atoms with Crippen molar-refractivity contribution in [2.24, 2.45) is 0 Å². The number of hydrogen-bond acceptors (Lipinski definition) is 1. The number of hydrogen-bond donors (Lipinski definition) is 0. The predicted octanol–water partition coefficient (Wildman–Crippen LogP) is 14.5. The number of fused-ring (bicyclic) bond motifs is 6. The fourth-order valence-electron chi connectivity index (χ4n) is 8.88. The van der Waals surface area contributed by atoms with Crippen molar-refractivity contribution < 1.29 is 4.42 Å². The van der Waals surface area contributed by atoms with E-state index in [0.29, 0.717) is 0 Å². The molecular formula is C50H42O. The summed E-state index contributed by atoms with van der Waals surface area (Å²) < 4.78 is 6.50. The Morgan fingerprint density at radius 2 is 0.824 bits per heavy atom. The largest absolute Gasteiger partial charge is 0.456 e. The summed E-state index contributed by atoms with van der Waals surface area (Å²) in [5, 5.41) is 10.3. The maximum atomic E-state index is 6.50. The Balaban J connectivity index is 1.49. The second kappa shape index (κ2) is 11.4. The molecule has 0 saturated heterocycles. The van der Waals surface area contributed by atoms with Crippen molar-refractivity contribution in [1.82, 2.24) is 0 Å². The van der Waals surface area contributed by atoms with Crippen molar-refractivity contribution in [2.75, 3.05) is 0 Å². The van der Waals surface area contributed by atoms with Crippen molar-refractivity contribution in [3.63, 3.8) is 0 Å². The van der Waals surface area contributed by atoms with Crippen molar-refractivity contribution in [3.8, 4) is 33.4 Å². The topological polar surface area (TPSA) is 13.1 Å². The fourth-order valence-corrected chi connectivity index (χ4v) is 8.88. The molecule has 248 valence electrons. The lowest BCUT2D eigenvalue weighted by Crippen LogP contribution is -2.03. The van der Waals surface area contributed by atoms with Gasteiger partial charge in [0, 0.05) is 10.8 Å². The second-order valence-corrected chi connectivity index (χ2v) is 14.7. The van der Waals surface area contributed by atoms with Gasteiger partial charge < -0.3 is 4.42 Å². The lowest BCUT2D eigenvalue weighted by molar-refractivity contribution is 0.669. The standard InChI is InChI=1S/C50H42O/c1-27-29(3)33(7)46-44(31(27)5)48(39-24-23-37-25-36(21-22-38(37)26-39)35-15-10-9-11-16-35)45-32(6)28(2)30(4)34(8)47(45)50(46)41-18-14-20-43-49(41)40-17-12-13-19-42(40)51-43/h9-26H,1-8H3. The SMILES string of the molecule is Cc1c(C)c(C)c2c(-c3cccc4oc5ccccc5c34)c3c(C)c(C)c(C)c(C)c3c(-c3ccc4cc(-c5ccccc5)ccc4c3)c2c1C. The molecule has 0 aliphatic carbocycles. The van der Waals surface area contributed by atoms with Gasteiger partial charge in [-0.3, -0.25) is 0 Å². The first-order chi connectivity index (χ1) is 24.7. The van der Waals surface area contributed by atoms with E-state index in [9.17, 15) is 0 Å². The first kappa shape index (κ1) is 31.3. The molecule has 0 spiro atoms. The van der Waals surface area contributed by atoms with E-state index in [1.807, 2.05) is 0 Å². The van der Waals surface area contributed by atoms with Crippen LogP contribution in [-0.2, 0) is 0 Å². The van der Waals surface area contributed by atoms with Crippen LogP contribution in [0.3, 0.4) is 0 Å². The maximum absolute atomic E-state index is 6.50. The highest BCUT2D eigenvalue weighted by Crippen LogP contribution is 2.52. The molecule has 1 heteroatoms. The van der Waals surface area contributed by atoms with E-state index in [-0.39, 0.29) is 0 Å². The summed E-state index contributed by atoms with van der Waals surface area (Å²) in [6, 6.07) is 39.8. The number of furan rings is 1. The maximum Gasteiger partial charge on any atom is 0.136 e. The van der Waals surface area contributed by atoms with Gasteiger partial charge in [0.2, 0.25) is 0 Å². The van der Waals surface area contributed by atoms with E-state index in [2.05, 4.69) is 165 Å². The van der Waals surface area contributed by atoms with Crippen LogP contribution in [0, 0.1) is 55.4 Å². The Labute approximate surface area is 300 Å². The van der Waals surface area contributed by atoms with Crippen molar-refractivity contribution in [3.05, 3.63) is 154 Å². The highest BCUT2D eigenvalue weighted by Gasteiger charge is 2.27. The van der Waals surface area contributed by atoms with Gasteiger partial charge in [0.1, 0.15) is 11.2 Å². The average molecular weight is 659 g/mol. The smallest absolute Gasteiger partial charge is 0.136 e. The second-order valence-electron chi connectivity index (χ2n) is 14.7. The molecule has 0 radical (unpaired) electrons. The highest BCUT2D eigenvalue weighted by atomic mass is 16.3. The summed E-state index contributed by atoms with van der Waals surface area (Å²) >= 11 is 0. The molecule has 0 unspecified atom stereocenters. The minimum absolute atomic E-state index is 0.927. The molecule has 0 amide bonds. The Kier molecular flexibility index (Phi) is 7.03. The van der Waals surface area contributed by atoms with E-state index >= 15 is 0 Å². The molecule has 0 bridgehead atoms. The van der Waals surface area contributed by atoms with Crippen LogP contribution in [0.25, 0.3) is 87.6 Å². The molecular weight excluding hydrogens is 617 g/mol. The summed E-state index contributed by atoms with van der Waals surface area (Å²) in [7, 11) is 0. The van der Waals surface area contributed by atoms with E-state index in [1.165, 1.54) is 116 Å². The number of aryl methyl sites for hydroxylation is 4. The van der Waals surface area contributed by atoms with Crippen molar-refractivity contribution in [1.29, 1.82) is 0 Å². The summed E-state index contributed by atoms with van der Waals surface area (Å²) in [6.07, 6.45) is 0. The van der Waals surface area contributed by atoms with Crippen LogP contribution in [0.5, 0.6) is 0 Å². The molecule has 0 N–H and O–H groups in total. The van der Waals surface area contributed by atoms with Crippen LogP contribution in [0.15, 0.2) is 114 Å². The van der Waals surface area contributed by atoms with Crippen LogP contribution in [0.4, 0.5) is 0 Å². The molecule has 9 aromatic rings. The third kappa shape index (κ3) is 4.47. The normalized spacial score (nSPS) is 11.9. The molecule has 1 nitrogen and oxygen atoms in total. The number of para-hydroxylation sites is 1. The van der Waals surface area contributed by atoms with Gasteiger partial charge >= 0.3 is 0 Å². The monoisotopic (exact) mass is 658 g/mol. The van der Waals surface area contributed by atoms with Gasteiger partial charge in [-0.2, -0.15) is 0 Å². The minimum atomic E-state index is 0.927. The molecule has 0 atom stereocenters. The van der Waals surface area contributed by atoms with Gasteiger partial charge in [0.25, 0.3) is 0 Å². The molecule has 1 heterocycles. The van der Waals surface area contributed by atoms with Gasteiger partial charge in [-0.15, -0.1) is 0 Å². The van der Waals surface area contributed by atoms with Gasteiger partial charge in [0.15, 0.2) is 0 Å². The van der Waals surface area contributed by atoms with Gasteiger partial charge in [0.05, 0.1) is 0 Å². The first-order valence-electron chi connectivity index (χ1n) is 18.1. The molecule has 0 aliphatic heterocycles. The fraction of sp³-hybridized carbons (Fsp3) is 0.160. The minimum Gasteiger partial charge on any atom is -0.456 e. The molecule has 0 aliphatic rings. The van der Waals surface area contributed by atoms with Crippen LogP contribution >= 0.6 is 0 Å². The predicted molar refractivity (Wildman–Crippen MR) is 220 cm³/mol. The Morgan fingerprint density at radius 1 is 0.333 bits per heavy atom. The summed E-state index contributed by atoms with van der Waals surface area (Å²) in [5.74, 6) is 0. The van der Waals surface area contributed by atoms with Gasteiger partial charge in [-0.05, 0) is 190 Å². The van der Waals surface area contributed by atoms with E-state index < -0.39 is 0 Å². The van der Waals surface area contributed by atoms with Crippen LogP contribution in [0.1, 0.15) is 44.5 Å². The molecule has 9 rings (SSSR count). The molecule has 1 aromatic heterocycles. The van der Waals surface area contributed by atoms with Gasteiger partial charge in [-0.1, -0.05) is 84.9 Å². The molecule has 0 saturated carbocycles. The van der Waals surface area contributed by atoms with Crippen LogP contribution in [0.2, 0.25) is 0 Å². The van der Waals surface area contributed by atoms with Gasteiger partial charge in [-0.25, -0.2) is 0 Å². The number of rotatable bonds is 3. The number of benzene rings is 8. The Morgan fingerprint density at radius 3 is 1.43 bits per heavy atom. The zero-order chi connectivity index (χ0) is 35.3. The lowest BCUT2D eigenvalue weighted by Gasteiger charge is -2.27. The highest BCUT2D eigenvalue weighted by molar-refractivity contribution is 6.28. The Bertz CT molecular complexity index is 2840. The molecule has 51 heavy (non-hydrogen) atoms. The van der Waals surface area contributed by atoms with E-state index in [1.54, 1.807) is 0 Å².